The molecule has 0 aromatic heterocycles. The summed E-state index contributed by atoms with van der Waals surface area (Å²) in [7, 11) is 0. The summed E-state index contributed by atoms with van der Waals surface area (Å²) in [5.74, 6) is 2.31. The zero-order valence-corrected chi connectivity index (χ0v) is 8.31. The van der Waals surface area contributed by atoms with Crippen LogP contribution in [-0.2, 0) is 6.42 Å². The summed E-state index contributed by atoms with van der Waals surface area (Å²) < 4.78 is 0. The van der Waals surface area contributed by atoms with Crippen LogP contribution in [0, 0.1) is 11.8 Å². The van der Waals surface area contributed by atoms with E-state index in [1.807, 2.05) is 12.1 Å². The highest BCUT2D eigenvalue weighted by molar-refractivity contribution is 6.25. The Morgan fingerprint density at radius 3 is 2.25 bits per heavy atom. The quantitative estimate of drug-likeness (QED) is 0.668. The number of halogens is 1. The maximum Gasteiger partial charge on any atom is 0.0790 e. The largest absolute Gasteiger partial charge is 0.116 e. The Morgan fingerprint density at radius 2 is 1.83 bits per heavy atom. The monoisotopic (exact) mass is 181 g/mol. The maximum atomic E-state index is 5.56. The van der Waals surface area contributed by atoms with Gasteiger partial charge in [0.1, 0.15) is 0 Å². The summed E-state index contributed by atoms with van der Waals surface area (Å²) in [5.41, 5.74) is 2.46. The summed E-state index contributed by atoms with van der Waals surface area (Å²) >= 11 is 5.56. The van der Waals surface area contributed by atoms with Gasteiger partial charge in [-0.2, -0.15) is 0 Å². The van der Waals surface area contributed by atoms with E-state index in [9.17, 15) is 0 Å². The van der Waals surface area contributed by atoms with Crippen molar-refractivity contribution in [2.45, 2.75) is 20.3 Å². The lowest BCUT2D eigenvalue weighted by Gasteiger charge is -2.04. The highest BCUT2D eigenvalue weighted by atomic mass is 35.5. The van der Waals surface area contributed by atoms with Crippen molar-refractivity contribution in [2.24, 2.45) is 5.92 Å². The van der Waals surface area contributed by atoms with Crippen LogP contribution in [-0.4, -0.2) is 0 Å². The Hall–Kier alpha value is -0.490. The number of benzene rings is 1. The molecule has 65 valence electrons. The molecule has 0 spiro atoms. The second kappa shape index (κ2) is 4.51. The fourth-order valence-corrected chi connectivity index (χ4v) is 1.34. The molecule has 1 radical (unpaired) electrons. The maximum absolute atomic E-state index is 5.56. The molecule has 0 amide bonds. The molecule has 0 saturated heterocycles. The van der Waals surface area contributed by atoms with E-state index >= 15 is 0 Å². The molecule has 0 atom stereocenters. The van der Waals surface area contributed by atoms with Crippen molar-refractivity contribution in [1.82, 2.24) is 0 Å². The van der Waals surface area contributed by atoms with Crippen molar-refractivity contribution in [3.8, 4) is 0 Å². The second-order valence-electron chi connectivity index (χ2n) is 3.45. The molecule has 0 fully saturated rings. The molecule has 0 aliphatic carbocycles. The van der Waals surface area contributed by atoms with Gasteiger partial charge in [0.15, 0.2) is 0 Å². The smallest absolute Gasteiger partial charge is 0.0790 e. The predicted molar refractivity (Wildman–Crippen MR) is 54.2 cm³/mol. The molecule has 0 N–H and O–H groups in total. The molecule has 0 heterocycles. The lowest BCUT2D eigenvalue weighted by atomic mass is 10.0. The fraction of sp³-hybridized carbons (Fsp3) is 0.364. The minimum absolute atomic E-state index is 0.718. The second-order valence-corrected chi connectivity index (χ2v) is 3.67. The van der Waals surface area contributed by atoms with E-state index in [4.69, 9.17) is 11.6 Å². The van der Waals surface area contributed by atoms with Gasteiger partial charge in [-0.3, -0.25) is 0 Å². The van der Waals surface area contributed by atoms with Crippen LogP contribution in [0.15, 0.2) is 24.3 Å². The van der Waals surface area contributed by atoms with E-state index in [1.165, 1.54) is 5.56 Å². The van der Waals surface area contributed by atoms with Gasteiger partial charge in [-0.15, -0.1) is 11.6 Å². The molecule has 0 nitrogen and oxygen atoms in total. The zero-order valence-electron chi connectivity index (χ0n) is 7.55. The van der Waals surface area contributed by atoms with Crippen LogP contribution in [0.25, 0.3) is 0 Å². The summed E-state index contributed by atoms with van der Waals surface area (Å²) in [6.07, 6.45) is 1.14. The van der Waals surface area contributed by atoms with Gasteiger partial charge in [0.25, 0.3) is 0 Å². The Kier molecular flexibility index (Phi) is 3.61. The first kappa shape index (κ1) is 9.60. The van der Waals surface area contributed by atoms with Crippen LogP contribution in [0.5, 0.6) is 0 Å². The van der Waals surface area contributed by atoms with Crippen molar-refractivity contribution < 1.29 is 0 Å². The zero-order chi connectivity index (χ0) is 8.97. The van der Waals surface area contributed by atoms with Crippen molar-refractivity contribution in [3.05, 3.63) is 41.3 Å². The van der Waals surface area contributed by atoms with Crippen molar-refractivity contribution in [2.75, 3.05) is 0 Å². The van der Waals surface area contributed by atoms with Gasteiger partial charge in [-0.05, 0) is 23.5 Å². The van der Waals surface area contributed by atoms with E-state index < -0.39 is 0 Å². The predicted octanol–water partition coefficient (Wildman–Crippen LogP) is 3.63. The van der Waals surface area contributed by atoms with Crippen molar-refractivity contribution in [3.63, 3.8) is 0 Å². The molecule has 0 bridgehead atoms. The van der Waals surface area contributed by atoms with Crippen LogP contribution < -0.4 is 0 Å². The van der Waals surface area contributed by atoms with E-state index in [0.717, 1.165) is 17.9 Å². The Labute approximate surface area is 79.6 Å². The number of hydrogen-bond donors (Lipinski definition) is 0. The minimum atomic E-state index is 0.718. The summed E-state index contributed by atoms with van der Waals surface area (Å²) in [4.78, 5) is 0. The first-order valence-electron chi connectivity index (χ1n) is 4.24. The molecule has 1 aromatic rings. The van der Waals surface area contributed by atoms with Gasteiger partial charge in [-0.1, -0.05) is 38.1 Å². The van der Waals surface area contributed by atoms with Gasteiger partial charge < -0.3 is 0 Å². The molecule has 1 heteroatoms. The van der Waals surface area contributed by atoms with Crippen LogP contribution >= 0.6 is 11.6 Å². The summed E-state index contributed by atoms with van der Waals surface area (Å²) in [5, 5.41) is 0. The fourth-order valence-electron chi connectivity index (χ4n) is 1.20. The van der Waals surface area contributed by atoms with Crippen molar-refractivity contribution in [1.29, 1.82) is 0 Å². The molecule has 1 rings (SSSR count). The SMILES string of the molecule is CC(C)Cc1ccc([CH]Cl)cc1. The molecule has 0 saturated carbocycles. The van der Waals surface area contributed by atoms with Crippen LogP contribution in [0.4, 0.5) is 0 Å². The topological polar surface area (TPSA) is 0 Å². The van der Waals surface area contributed by atoms with Gasteiger partial charge in [0, 0.05) is 0 Å². The van der Waals surface area contributed by atoms with E-state index in [1.54, 1.807) is 5.88 Å². The van der Waals surface area contributed by atoms with Crippen molar-refractivity contribution >= 4 is 11.6 Å². The molecular weight excluding hydrogens is 168 g/mol. The van der Waals surface area contributed by atoms with E-state index in [0.29, 0.717) is 0 Å². The van der Waals surface area contributed by atoms with E-state index in [2.05, 4.69) is 26.0 Å². The van der Waals surface area contributed by atoms with Gasteiger partial charge in [-0.25, -0.2) is 0 Å². The van der Waals surface area contributed by atoms with Gasteiger partial charge >= 0.3 is 0 Å². The number of hydrogen-bond acceptors (Lipinski definition) is 0. The first-order valence-corrected chi connectivity index (χ1v) is 4.68. The van der Waals surface area contributed by atoms with Gasteiger partial charge in [0.2, 0.25) is 0 Å². The van der Waals surface area contributed by atoms with Crippen LogP contribution in [0.2, 0.25) is 0 Å². The Bertz CT molecular complexity index is 223. The summed E-state index contributed by atoms with van der Waals surface area (Å²) in [6, 6.07) is 8.36. The third kappa shape index (κ3) is 2.86. The normalized spacial score (nSPS) is 10.7. The van der Waals surface area contributed by atoms with E-state index in [-0.39, 0.29) is 0 Å². The molecular formula is C11H14Cl. The van der Waals surface area contributed by atoms with Crippen LogP contribution in [0.1, 0.15) is 25.0 Å². The average Bonchev–Trinajstić information content (AvgIpc) is 2.05. The third-order valence-electron chi connectivity index (χ3n) is 1.75. The molecule has 1 aromatic carbocycles. The minimum Gasteiger partial charge on any atom is -0.116 e. The highest BCUT2D eigenvalue weighted by Crippen LogP contribution is 2.11. The first-order chi connectivity index (χ1) is 5.72. The molecule has 0 aliphatic heterocycles. The molecule has 12 heavy (non-hydrogen) atoms. The molecule has 0 unspecified atom stereocenters. The summed E-state index contributed by atoms with van der Waals surface area (Å²) in [6.45, 7) is 4.45. The Balaban J connectivity index is 2.65. The average molecular weight is 182 g/mol. The number of rotatable bonds is 3. The van der Waals surface area contributed by atoms with Crippen LogP contribution in [0.3, 0.4) is 0 Å². The standard InChI is InChI=1S/C11H14Cl/c1-9(2)7-10-3-5-11(8-12)6-4-10/h3-6,8-9H,7H2,1-2H3. The van der Waals surface area contributed by atoms with Gasteiger partial charge in [0.05, 0.1) is 5.88 Å². The highest BCUT2D eigenvalue weighted by Gasteiger charge is 1.97. The lowest BCUT2D eigenvalue weighted by Crippen LogP contribution is -1.93. The lowest BCUT2D eigenvalue weighted by molar-refractivity contribution is 0.647. The Morgan fingerprint density at radius 1 is 1.25 bits per heavy atom. The molecule has 0 aliphatic rings. The third-order valence-corrected chi connectivity index (χ3v) is 2.00.